The van der Waals surface area contributed by atoms with E-state index in [0.29, 0.717) is 40.0 Å². The number of nitrogens with two attached hydrogens (primary N) is 2. The van der Waals surface area contributed by atoms with Gasteiger partial charge in [-0.2, -0.15) is 5.10 Å². The van der Waals surface area contributed by atoms with Crippen LogP contribution in [0.15, 0.2) is 60.9 Å². The number of primary amides is 1. The van der Waals surface area contributed by atoms with Gasteiger partial charge >= 0.3 is 0 Å². The second kappa shape index (κ2) is 9.41. The highest BCUT2D eigenvalue weighted by Gasteiger charge is 2.29. The number of nitrogens with zero attached hydrogens (tertiary/aromatic N) is 4. The summed E-state index contributed by atoms with van der Waals surface area (Å²) in [5, 5.41) is 7.93. The van der Waals surface area contributed by atoms with Crippen molar-refractivity contribution >= 4 is 23.2 Å². The Labute approximate surface area is 202 Å². The molecule has 35 heavy (non-hydrogen) atoms. The predicted octanol–water partition coefficient (Wildman–Crippen LogP) is 4.24. The summed E-state index contributed by atoms with van der Waals surface area (Å²) in [6, 6.07) is 13.3. The number of nitrogens with one attached hydrogen (secondary N) is 1. The fourth-order valence-electron chi connectivity index (χ4n) is 3.46. The first-order valence-electron chi connectivity index (χ1n) is 10.9. The number of benzene rings is 1. The lowest BCUT2D eigenvalue weighted by atomic mass is 10.1. The molecule has 9 nitrogen and oxygen atoms in total. The molecule has 0 bridgehead atoms. The summed E-state index contributed by atoms with van der Waals surface area (Å²) in [4.78, 5) is 20.9. The third-order valence-electron chi connectivity index (χ3n) is 5.13. The monoisotopic (exact) mass is 475 g/mol. The van der Waals surface area contributed by atoms with Crippen molar-refractivity contribution < 1.29 is 13.9 Å². The van der Waals surface area contributed by atoms with Crippen LogP contribution in [0.3, 0.4) is 0 Å². The third-order valence-corrected chi connectivity index (χ3v) is 5.13. The molecule has 0 fully saturated rings. The number of hydrogen-bond donors (Lipinski definition) is 3. The van der Waals surface area contributed by atoms with Crippen LogP contribution in [0, 0.1) is 5.82 Å². The normalized spacial score (nSPS) is 11.3. The summed E-state index contributed by atoms with van der Waals surface area (Å²) in [5.74, 6) is 0.254. The minimum Gasteiger partial charge on any atom is -0.485 e. The van der Waals surface area contributed by atoms with Crippen molar-refractivity contribution in [3.05, 3.63) is 78.0 Å². The van der Waals surface area contributed by atoms with E-state index >= 15 is 0 Å². The molecule has 0 unspecified atom stereocenters. The average Bonchev–Trinajstić information content (AvgIpc) is 3.20. The fraction of sp³-hybridized carbons (Fsp3) is 0.200. The predicted molar refractivity (Wildman–Crippen MR) is 132 cm³/mol. The van der Waals surface area contributed by atoms with E-state index in [1.54, 1.807) is 41.2 Å². The zero-order valence-electron chi connectivity index (χ0n) is 19.6. The molecular formula is C25H26FN7O2. The van der Waals surface area contributed by atoms with Crippen molar-refractivity contribution in [1.82, 2.24) is 19.7 Å². The molecule has 3 aromatic heterocycles. The molecule has 0 aliphatic heterocycles. The van der Waals surface area contributed by atoms with E-state index < -0.39 is 17.3 Å². The molecule has 180 valence electrons. The lowest BCUT2D eigenvalue weighted by Gasteiger charge is -2.23. The Balaban J connectivity index is 1.76. The van der Waals surface area contributed by atoms with Gasteiger partial charge in [-0.25, -0.2) is 14.1 Å². The maximum absolute atomic E-state index is 13.1. The van der Waals surface area contributed by atoms with Gasteiger partial charge < -0.3 is 21.5 Å². The summed E-state index contributed by atoms with van der Waals surface area (Å²) >= 11 is 0. The number of anilines is 3. The van der Waals surface area contributed by atoms with E-state index in [0.717, 1.165) is 6.20 Å². The van der Waals surface area contributed by atoms with Crippen LogP contribution in [-0.4, -0.2) is 25.7 Å². The summed E-state index contributed by atoms with van der Waals surface area (Å²) in [6.45, 7) is 5.97. The van der Waals surface area contributed by atoms with Gasteiger partial charge in [0.05, 0.1) is 23.1 Å². The van der Waals surface area contributed by atoms with E-state index in [1.807, 2.05) is 26.8 Å². The number of rotatable bonds is 7. The Morgan fingerprint density at radius 2 is 1.94 bits per heavy atom. The highest BCUT2D eigenvalue weighted by atomic mass is 19.1. The molecule has 0 atom stereocenters. The van der Waals surface area contributed by atoms with Crippen molar-refractivity contribution in [2.24, 2.45) is 5.73 Å². The number of amides is 1. The molecule has 0 spiro atoms. The first-order valence-corrected chi connectivity index (χ1v) is 10.9. The molecule has 1 amide bonds. The van der Waals surface area contributed by atoms with Crippen LogP contribution in [0.1, 0.15) is 36.8 Å². The van der Waals surface area contributed by atoms with E-state index in [9.17, 15) is 9.18 Å². The van der Waals surface area contributed by atoms with Crippen LogP contribution in [-0.2, 0) is 12.1 Å². The second-order valence-electron chi connectivity index (χ2n) is 8.87. The van der Waals surface area contributed by atoms with Gasteiger partial charge in [0.1, 0.15) is 41.1 Å². The number of carbonyl (C=O) groups is 1. The molecular weight excluding hydrogens is 449 g/mol. The topological polar surface area (TPSA) is 134 Å². The van der Waals surface area contributed by atoms with Gasteiger partial charge in [0, 0.05) is 11.8 Å². The van der Waals surface area contributed by atoms with Crippen LogP contribution in [0.2, 0.25) is 0 Å². The maximum Gasteiger partial charge on any atom is 0.254 e. The first-order chi connectivity index (χ1) is 16.6. The number of pyridine rings is 2. The Morgan fingerprint density at radius 1 is 1.14 bits per heavy atom. The van der Waals surface area contributed by atoms with E-state index in [1.165, 1.54) is 12.1 Å². The summed E-state index contributed by atoms with van der Waals surface area (Å²) in [7, 11) is 0. The number of nitrogen functional groups attached to an aromatic ring is 1. The van der Waals surface area contributed by atoms with Gasteiger partial charge in [-0.3, -0.25) is 9.78 Å². The second-order valence-corrected chi connectivity index (χ2v) is 8.87. The molecule has 0 saturated carbocycles. The third kappa shape index (κ3) is 5.21. The van der Waals surface area contributed by atoms with Gasteiger partial charge in [0.25, 0.3) is 5.91 Å². The van der Waals surface area contributed by atoms with Gasteiger partial charge in [-0.15, -0.1) is 0 Å². The Bertz CT molecular complexity index is 1350. The van der Waals surface area contributed by atoms with Gasteiger partial charge in [0.2, 0.25) is 0 Å². The van der Waals surface area contributed by atoms with Gasteiger partial charge in [-0.1, -0.05) is 12.1 Å². The summed E-state index contributed by atoms with van der Waals surface area (Å²) in [6.07, 6.45) is 2.76. The minimum atomic E-state index is -0.649. The standard InChI is InChI=1S/C25H26FN7O2/c1-25(2,3)33-24(31-20-6-4-5-11-29-20)21(23(28)34)22(32-33)15-7-10-18(27)19(12-15)35-14-17-9-8-16(26)13-30-17/h4-13H,14,27H2,1-3H3,(H2,28,34)(H,29,31). The Morgan fingerprint density at radius 3 is 2.57 bits per heavy atom. The lowest BCUT2D eigenvalue weighted by molar-refractivity contribution is 0.100. The zero-order valence-corrected chi connectivity index (χ0v) is 19.6. The van der Waals surface area contributed by atoms with Crippen molar-refractivity contribution in [1.29, 1.82) is 0 Å². The smallest absolute Gasteiger partial charge is 0.254 e. The molecule has 5 N–H and O–H groups in total. The van der Waals surface area contributed by atoms with Gasteiger partial charge in [0.15, 0.2) is 0 Å². The zero-order chi connectivity index (χ0) is 25.2. The van der Waals surface area contributed by atoms with Gasteiger partial charge in [-0.05, 0) is 57.2 Å². The number of hydrogen-bond acceptors (Lipinski definition) is 7. The van der Waals surface area contributed by atoms with E-state index in [-0.39, 0.29) is 12.2 Å². The molecule has 0 aliphatic rings. The number of halogens is 1. The highest BCUT2D eigenvalue weighted by Crippen LogP contribution is 2.36. The lowest BCUT2D eigenvalue weighted by Crippen LogP contribution is -2.25. The molecule has 1 aromatic carbocycles. The summed E-state index contributed by atoms with van der Waals surface area (Å²) in [5.41, 5.74) is 13.6. The van der Waals surface area contributed by atoms with Crippen LogP contribution in [0.4, 0.5) is 21.7 Å². The molecule has 4 aromatic rings. The average molecular weight is 476 g/mol. The molecule has 0 saturated heterocycles. The Hall–Kier alpha value is -4.47. The maximum atomic E-state index is 13.1. The Kier molecular flexibility index (Phi) is 6.37. The van der Waals surface area contributed by atoms with Crippen LogP contribution in [0.25, 0.3) is 11.3 Å². The van der Waals surface area contributed by atoms with Crippen molar-refractivity contribution in [3.63, 3.8) is 0 Å². The molecule has 0 radical (unpaired) electrons. The van der Waals surface area contributed by atoms with E-state index in [4.69, 9.17) is 21.3 Å². The number of aromatic nitrogens is 4. The SMILES string of the molecule is CC(C)(C)n1nc(-c2ccc(N)c(OCc3ccc(F)cn3)c2)c(C(N)=O)c1Nc1ccccn1. The highest BCUT2D eigenvalue weighted by molar-refractivity contribution is 6.04. The fourth-order valence-corrected chi connectivity index (χ4v) is 3.46. The number of ether oxygens (including phenoxy) is 1. The minimum absolute atomic E-state index is 0.0829. The van der Waals surface area contributed by atoms with Crippen molar-refractivity contribution in [2.75, 3.05) is 11.1 Å². The molecule has 3 heterocycles. The summed E-state index contributed by atoms with van der Waals surface area (Å²) < 4.78 is 20.7. The first kappa shape index (κ1) is 23.7. The molecule has 10 heteroatoms. The van der Waals surface area contributed by atoms with Crippen LogP contribution in [0.5, 0.6) is 5.75 Å². The number of carbonyl (C=O) groups excluding carboxylic acids is 1. The largest absolute Gasteiger partial charge is 0.485 e. The van der Waals surface area contributed by atoms with Crippen LogP contribution < -0.4 is 21.5 Å². The van der Waals surface area contributed by atoms with E-state index in [2.05, 4.69) is 15.3 Å². The quantitative estimate of drug-likeness (QED) is 0.340. The molecule has 0 aliphatic carbocycles. The van der Waals surface area contributed by atoms with Crippen LogP contribution >= 0.6 is 0 Å². The van der Waals surface area contributed by atoms with Crippen molar-refractivity contribution in [2.45, 2.75) is 32.9 Å². The van der Waals surface area contributed by atoms with Crippen molar-refractivity contribution in [3.8, 4) is 17.0 Å². The molecule has 4 rings (SSSR count).